The molecule has 1 heterocycles. The summed E-state index contributed by atoms with van der Waals surface area (Å²) in [4.78, 5) is 24.3. The van der Waals surface area contributed by atoms with Crippen molar-refractivity contribution >= 4 is 11.9 Å². The van der Waals surface area contributed by atoms with Gasteiger partial charge in [0.05, 0.1) is 13.2 Å². The zero-order chi connectivity index (χ0) is 14.8. The number of hydrogen-bond donors (Lipinski definition) is 0. The van der Waals surface area contributed by atoms with Crippen LogP contribution in [0.2, 0.25) is 0 Å². The lowest BCUT2D eigenvalue weighted by atomic mass is 9.99. The summed E-state index contributed by atoms with van der Waals surface area (Å²) < 4.78 is 21.7. The molecule has 1 aliphatic heterocycles. The molecular weight excluding hydrogens is 264 g/mol. The van der Waals surface area contributed by atoms with Crippen molar-refractivity contribution in [3.05, 3.63) is 0 Å². The molecule has 20 heavy (non-hydrogen) atoms. The van der Waals surface area contributed by atoms with E-state index in [1.807, 2.05) is 0 Å². The molecule has 1 saturated heterocycles. The van der Waals surface area contributed by atoms with Crippen LogP contribution in [0.1, 0.15) is 46.5 Å². The summed E-state index contributed by atoms with van der Waals surface area (Å²) in [6.07, 6.45) is 2.19. The van der Waals surface area contributed by atoms with E-state index < -0.39 is 29.4 Å². The van der Waals surface area contributed by atoms with Gasteiger partial charge in [-0.1, -0.05) is 0 Å². The Morgan fingerprint density at radius 3 is 2.30 bits per heavy atom. The molecule has 1 saturated carbocycles. The standard InChI is InChI=1S/C14H22O6/c1-4-17-11(15)10-13(3,12(16)18-5-2)20-14(19-10)8-6-7-9-14/h10H,4-9H2,1-3H3/t10-,13+/m0/s1. The fourth-order valence-corrected chi connectivity index (χ4v) is 2.84. The quantitative estimate of drug-likeness (QED) is 0.730. The molecule has 0 aromatic heterocycles. The summed E-state index contributed by atoms with van der Waals surface area (Å²) in [6, 6.07) is 0. The van der Waals surface area contributed by atoms with Crippen molar-refractivity contribution < 1.29 is 28.5 Å². The molecule has 6 nitrogen and oxygen atoms in total. The summed E-state index contributed by atoms with van der Waals surface area (Å²) in [6.45, 7) is 5.41. The summed E-state index contributed by atoms with van der Waals surface area (Å²) in [5.41, 5.74) is -1.44. The Hall–Kier alpha value is -1.14. The van der Waals surface area contributed by atoms with Crippen LogP contribution in [0.4, 0.5) is 0 Å². The van der Waals surface area contributed by atoms with Crippen LogP contribution in [-0.4, -0.2) is 42.6 Å². The molecule has 0 unspecified atom stereocenters. The van der Waals surface area contributed by atoms with Crippen molar-refractivity contribution in [1.82, 2.24) is 0 Å². The second-order valence-electron chi connectivity index (χ2n) is 5.30. The van der Waals surface area contributed by atoms with Gasteiger partial charge in [-0.2, -0.15) is 0 Å². The second-order valence-corrected chi connectivity index (χ2v) is 5.30. The Morgan fingerprint density at radius 2 is 1.75 bits per heavy atom. The van der Waals surface area contributed by atoms with E-state index in [2.05, 4.69) is 0 Å². The maximum absolute atomic E-state index is 12.2. The predicted octanol–water partition coefficient (Wildman–Crippen LogP) is 1.56. The van der Waals surface area contributed by atoms with Crippen molar-refractivity contribution in [2.75, 3.05) is 13.2 Å². The number of carbonyl (C=O) groups excluding carboxylic acids is 2. The first-order valence-corrected chi connectivity index (χ1v) is 7.19. The maximum Gasteiger partial charge on any atom is 0.341 e. The van der Waals surface area contributed by atoms with Gasteiger partial charge in [-0.3, -0.25) is 0 Å². The van der Waals surface area contributed by atoms with Crippen LogP contribution in [0.25, 0.3) is 0 Å². The van der Waals surface area contributed by atoms with E-state index in [-0.39, 0.29) is 13.2 Å². The molecule has 1 spiro atoms. The first-order valence-electron chi connectivity index (χ1n) is 7.19. The summed E-state index contributed by atoms with van der Waals surface area (Å²) in [7, 11) is 0. The molecule has 0 bridgehead atoms. The van der Waals surface area contributed by atoms with Crippen molar-refractivity contribution in [3.63, 3.8) is 0 Å². The van der Waals surface area contributed by atoms with Gasteiger partial charge in [0.25, 0.3) is 0 Å². The minimum absolute atomic E-state index is 0.223. The molecule has 0 aromatic carbocycles. The van der Waals surface area contributed by atoms with Crippen molar-refractivity contribution in [2.45, 2.75) is 63.9 Å². The first kappa shape index (κ1) is 15.3. The summed E-state index contributed by atoms with van der Waals surface area (Å²) in [5, 5.41) is 0. The Labute approximate surface area is 118 Å². The zero-order valence-electron chi connectivity index (χ0n) is 12.3. The molecule has 0 aromatic rings. The molecule has 0 amide bonds. The van der Waals surface area contributed by atoms with Crippen LogP contribution in [0.3, 0.4) is 0 Å². The highest BCUT2D eigenvalue weighted by atomic mass is 16.8. The fraction of sp³-hybridized carbons (Fsp3) is 0.857. The molecule has 1 aliphatic carbocycles. The Morgan fingerprint density at radius 1 is 1.15 bits per heavy atom. The third-order valence-corrected chi connectivity index (χ3v) is 3.78. The van der Waals surface area contributed by atoms with Crippen LogP contribution >= 0.6 is 0 Å². The number of rotatable bonds is 4. The van der Waals surface area contributed by atoms with Crippen molar-refractivity contribution in [1.29, 1.82) is 0 Å². The highest BCUT2D eigenvalue weighted by Crippen LogP contribution is 2.47. The number of carbonyl (C=O) groups is 2. The van der Waals surface area contributed by atoms with Gasteiger partial charge in [0, 0.05) is 12.8 Å². The van der Waals surface area contributed by atoms with Gasteiger partial charge in [0.2, 0.25) is 5.60 Å². The molecule has 0 radical (unpaired) electrons. The van der Waals surface area contributed by atoms with Gasteiger partial charge in [-0.05, 0) is 33.6 Å². The first-order chi connectivity index (χ1) is 9.47. The van der Waals surface area contributed by atoms with E-state index >= 15 is 0 Å². The van der Waals surface area contributed by atoms with Crippen LogP contribution in [0.5, 0.6) is 0 Å². The summed E-state index contributed by atoms with van der Waals surface area (Å²) in [5.74, 6) is -2.01. The number of hydrogen-bond acceptors (Lipinski definition) is 6. The SMILES string of the molecule is CCOC(=O)[C@@H]1OC2(CCCC2)O[C@@]1(C)C(=O)OCC. The average Bonchev–Trinajstić information content (AvgIpc) is 2.96. The molecule has 2 atom stereocenters. The van der Waals surface area contributed by atoms with Crippen LogP contribution < -0.4 is 0 Å². The lowest BCUT2D eigenvalue weighted by molar-refractivity contribution is -0.197. The topological polar surface area (TPSA) is 71.1 Å². The average molecular weight is 286 g/mol. The molecule has 2 fully saturated rings. The minimum atomic E-state index is -1.44. The van der Waals surface area contributed by atoms with Gasteiger partial charge in [-0.15, -0.1) is 0 Å². The van der Waals surface area contributed by atoms with Gasteiger partial charge in [-0.25, -0.2) is 9.59 Å². The van der Waals surface area contributed by atoms with E-state index in [4.69, 9.17) is 18.9 Å². The van der Waals surface area contributed by atoms with E-state index in [0.29, 0.717) is 12.8 Å². The van der Waals surface area contributed by atoms with Crippen molar-refractivity contribution in [2.24, 2.45) is 0 Å². The molecule has 2 rings (SSSR count). The maximum atomic E-state index is 12.2. The van der Waals surface area contributed by atoms with E-state index in [1.54, 1.807) is 20.8 Å². The van der Waals surface area contributed by atoms with Crippen molar-refractivity contribution in [3.8, 4) is 0 Å². The normalized spacial score (nSPS) is 31.4. The molecule has 0 N–H and O–H groups in total. The number of esters is 2. The largest absolute Gasteiger partial charge is 0.464 e. The Bertz CT molecular complexity index is 387. The highest BCUT2D eigenvalue weighted by Gasteiger charge is 2.63. The van der Waals surface area contributed by atoms with Gasteiger partial charge in [0.1, 0.15) is 0 Å². The third kappa shape index (κ3) is 2.54. The van der Waals surface area contributed by atoms with Crippen LogP contribution in [-0.2, 0) is 28.5 Å². The minimum Gasteiger partial charge on any atom is -0.464 e. The van der Waals surface area contributed by atoms with Gasteiger partial charge in [0.15, 0.2) is 11.9 Å². The van der Waals surface area contributed by atoms with E-state index in [1.165, 1.54) is 0 Å². The highest BCUT2D eigenvalue weighted by molar-refractivity contribution is 5.89. The lowest BCUT2D eigenvalue weighted by Gasteiger charge is -2.26. The second kappa shape index (κ2) is 5.69. The fourth-order valence-electron chi connectivity index (χ4n) is 2.84. The number of ether oxygens (including phenoxy) is 4. The predicted molar refractivity (Wildman–Crippen MR) is 68.8 cm³/mol. The zero-order valence-corrected chi connectivity index (χ0v) is 12.3. The Kier molecular flexibility index (Phi) is 4.34. The lowest BCUT2D eigenvalue weighted by Crippen LogP contribution is -2.50. The van der Waals surface area contributed by atoms with Gasteiger partial charge < -0.3 is 18.9 Å². The molecule has 114 valence electrons. The summed E-state index contributed by atoms with van der Waals surface area (Å²) >= 11 is 0. The molecular formula is C14H22O6. The van der Waals surface area contributed by atoms with Crippen LogP contribution in [0, 0.1) is 0 Å². The Balaban J connectivity index is 2.25. The van der Waals surface area contributed by atoms with Crippen LogP contribution in [0.15, 0.2) is 0 Å². The van der Waals surface area contributed by atoms with E-state index in [0.717, 1.165) is 12.8 Å². The monoisotopic (exact) mass is 286 g/mol. The van der Waals surface area contributed by atoms with Gasteiger partial charge >= 0.3 is 11.9 Å². The molecule has 6 heteroatoms. The van der Waals surface area contributed by atoms with E-state index in [9.17, 15) is 9.59 Å². The molecule has 2 aliphatic rings. The third-order valence-electron chi connectivity index (χ3n) is 3.78. The smallest absolute Gasteiger partial charge is 0.341 e.